The number of allylic oxidation sites excluding steroid dienone is 1. The topological polar surface area (TPSA) is 77.9 Å². The van der Waals surface area contributed by atoms with Crippen molar-refractivity contribution in [2.24, 2.45) is 5.92 Å². The van der Waals surface area contributed by atoms with Crippen molar-refractivity contribution >= 4 is 11.8 Å². The molecule has 3 aromatic rings. The van der Waals surface area contributed by atoms with E-state index in [4.69, 9.17) is 9.72 Å². The standard InChI is InChI=1S/C29H32FN3O3/c1-18-14-20-6-5-7-25(36-4)27(20)33(32-18)17-29(35,21-10-11-21)26-16-22(28(2,3)34)15-24(31-26)19-8-12-23(30)13-9-19/h5-9,12-16,21,32,34-35H,10-11,17H2,1-4H3. The molecular weight excluding hydrogens is 457 g/mol. The number of rotatable bonds is 7. The maximum atomic E-state index is 13.6. The fourth-order valence-corrected chi connectivity index (χ4v) is 4.86. The number of hydrogen-bond acceptors (Lipinski definition) is 6. The first-order chi connectivity index (χ1) is 17.1. The number of halogens is 1. The zero-order chi connectivity index (χ0) is 25.7. The van der Waals surface area contributed by atoms with Gasteiger partial charge >= 0.3 is 0 Å². The zero-order valence-electron chi connectivity index (χ0n) is 21.0. The van der Waals surface area contributed by atoms with Gasteiger partial charge in [-0.1, -0.05) is 12.1 Å². The number of β-amino-alcohol motifs (C(OH)–C–C–N with tert-alkyl or cyclic N) is 1. The summed E-state index contributed by atoms with van der Waals surface area (Å²) in [6, 6.07) is 15.5. The van der Waals surface area contributed by atoms with Crippen LogP contribution in [0.2, 0.25) is 0 Å². The zero-order valence-corrected chi connectivity index (χ0v) is 21.0. The van der Waals surface area contributed by atoms with E-state index in [-0.39, 0.29) is 18.3 Å². The lowest BCUT2D eigenvalue weighted by molar-refractivity contribution is 0.0136. The lowest BCUT2D eigenvalue weighted by atomic mass is 9.87. The molecule has 2 heterocycles. The fourth-order valence-electron chi connectivity index (χ4n) is 4.86. The van der Waals surface area contributed by atoms with Gasteiger partial charge in [0.05, 0.1) is 30.6 Å². The number of aliphatic hydroxyl groups is 2. The van der Waals surface area contributed by atoms with Gasteiger partial charge in [0.25, 0.3) is 0 Å². The largest absolute Gasteiger partial charge is 0.494 e. The van der Waals surface area contributed by atoms with Crippen LogP contribution in [0.3, 0.4) is 0 Å². The van der Waals surface area contributed by atoms with Gasteiger partial charge in [0, 0.05) is 16.8 Å². The fraction of sp³-hybridized carbons (Fsp3) is 0.345. The van der Waals surface area contributed by atoms with E-state index in [0.29, 0.717) is 28.3 Å². The molecular formula is C29H32FN3O3. The first-order valence-corrected chi connectivity index (χ1v) is 12.2. The van der Waals surface area contributed by atoms with Crippen molar-refractivity contribution in [1.29, 1.82) is 0 Å². The highest BCUT2D eigenvalue weighted by molar-refractivity contribution is 5.77. The van der Waals surface area contributed by atoms with Crippen LogP contribution >= 0.6 is 0 Å². The highest BCUT2D eigenvalue weighted by Gasteiger charge is 2.48. The van der Waals surface area contributed by atoms with E-state index in [0.717, 1.165) is 29.8 Å². The van der Waals surface area contributed by atoms with Crippen LogP contribution in [0.25, 0.3) is 17.3 Å². The summed E-state index contributed by atoms with van der Waals surface area (Å²) in [7, 11) is 1.63. The molecule has 36 heavy (non-hydrogen) atoms. The van der Waals surface area contributed by atoms with Gasteiger partial charge < -0.3 is 20.4 Å². The van der Waals surface area contributed by atoms with Gasteiger partial charge in [-0.05, 0) is 93.6 Å². The Morgan fingerprint density at radius 2 is 1.83 bits per heavy atom. The van der Waals surface area contributed by atoms with Gasteiger partial charge in [0.1, 0.15) is 22.9 Å². The molecule has 0 saturated heterocycles. The summed E-state index contributed by atoms with van der Waals surface area (Å²) in [5.41, 5.74) is 6.11. The second-order valence-electron chi connectivity index (χ2n) is 10.3. The molecule has 0 amide bonds. The Morgan fingerprint density at radius 3 is 2.47 bits per heavy atom. The number of nitrogens with zero attached hydrogens (tertiary/aromatic N) is 2. The monoisotopic (exact) mass is 489 g/mol. The van der Waals surface area contributed by atoms with Crippen LogP contribution in [-0.4, -0.2) is 28.9 Å². The average Bonchev–Trinajstić information content (AvgIpc) is 3.69. The van der Waals surface area contributed by atoms with Crippen LogP contribution in [-0.2, 0) is 11.2 Å². The molecule has 1 saturated carbocycles. The molecule has 0 bridgehead atoms. The number of hydrogen-bond donors (Lipinski definition) is 3. The lowest BCUT2D eigenvalue weighted by Gasteiger charge is -2.39. The van der Waals surface area contributed by atoms with E-state index in [2.05, 4.69) is 5.43 Å². The number of ether oxygens (including phenoxy) is 1. The first-order valence-electron chi connectivity index (χ1n) is 12.2. The quantitative estimate of drug-likeness (QED) is 0.428. The van der Waals surface area contributed by atoms with Crippen LogP contribution in [0.1, 0.15) is 50.4 Å². The minimum absolute atomic E-state index is 0.00860. The third-order valence-electron chi connectivity index (χ3n) is 6.97. The molecule has 1 unspecified atom stereocenters. The van der Waals surface area contributed by atoms with Crippen LogP contribution in [0.5, 0.6) is 5.75 Å². The maximum Gasteiger partial charge on any atom is 0.144 e. The number of hydrazine groups is 1. The molecule has 2 aromatic carbocycles. The van der Waals surface area contributed by atoms with Crippen LogP contribution < -0.4 is 15.2 Å². The van der Waals surface area contributed by atoms with Gasteiger partial charge in [-0.2, -0.15) is 0 Å². The predicted molar refractivity (Wildman–Crippen MR) is 139 cm³/mol. The number of anilines is 1. The van der Waals surface area contributed by atoms with Crippen molar-refractivity contribution in [1.82, 2.24) is 10.4 Å². The summed E-state index contributed by atoms with van der Waals surface area (Å²) in [5, 5.41) is 25.1. The first kappa shape index (κ1) is 24.3. The van der Waals surface area contributed by atoms with E-state index >= 15 is 0 Å². The van der Waals surface area contributed by atoms with Gasteiger partial charge in [-0.25, -0.2) is 9.37 Å². The van der Waals surface area contributed by atoms with Gasteiger partial charge in [0.2, 0.25) is 0 Å². The van der Waals surface area contributed by atoms with E-state index in [1.165, 1.54) is 12.1 Å². The smallest absolute Gasteiger partial charge is 0.144 e. The molecule has 2 aliphatic rings. The van der Waals surface area contributed by atoms with Crippen LogP contribution in [0, 0.1) is 11.7 Å². The van der Waals surface area contributed by atoms with Crippen molar-refractivity contribution in [2.45, 2.75) is 44.8 Å². The van der Waals surface area contributed by atoms with Gasteiger partial charge in [-0.3, -0.25) is 5.01 Å². The number of methoxy groups -OCH3 is 1. The molecule has 3 N–H and O–H groups in total. The Bertz CT molecular complexity index is 1310. The summed E-state index contributed by atoms with van der Waals surface area (Å²) in [6.07, 6.45) is 3.79. The van der Waals surface area contributed by atoms with E-state index < -0.39 is 11.2 Å². The summed E-state index contributed by atoms with van der Waals surface area (Å²) in [4.78, 5) is 4.88. The molecule has 6 nitrogen and oxygen atoms in total. The second kappa shape index (κ2) is 8.91. The van der Waals surface area contributed by atoms with Crippen molar-refractivity contribution < 1.29 is 19.3 Å². The summed E-state index contributed by atoms with van der Waals surface area (Å²) >= 11 is 0. The molecule has 0 radical (unpaired) electrons. The lowest BCUT2D eigenvalue weighted by Crippen LogP contribution is -2.50. The SMILES string of the molecule is COc1cccc2c1N(CC(O)(c1cc(C(C)(C)O)cc(-c3ccc(F)cc3)n1)C1CC1)NC(C)=C2. The Kier molecular flexibility index (Phi) is 6.01. The minimum Gasteiger partial charge on any atom is -0.494 e. The number of pyridine rings is 1. The molecule has 1 fully saturated rings. The predicted octanol–water partition coefficient (Wildman–Crippen LogP) is 5.11. The Balaban J connectivity index is 1.62. The third kappa shape index (κ3) is 4.56. The average molecular weight is 490 g/mol. The molecule has 188 valence electrons. The highest BCUT2D eigenvalue weighted by Crippen LogP contribution is 2.48. The second-order valence-corrected chi connectivity index (χ2v) is 10.3. The Hall–Kier alpha value is -3.42. The van der Waals surface area contributed by atoms with Crippen molar-refractivity contribution in [3.05, 3.63) is 82.9 Å². The molecule has 1 atom stereocenters. The minimum atomic E-state index is -1.31. The summed E-state index contributed by atoms with van der Waals surface area (Å²) in [6.45, 7) is 5.61. The maximum absolute atomic E-state index is 13.6. The van der Waals surface area contributed by atoms with Gasteiger partial charge in [-0.15, -0.1) is 0 Å². The number of nitrogens with one attached hydrogen (secondary N) is 1. The molecule has 0 spiro atoms. The normalized spacial score (nSPS) is 17.1. The third-order valence-corrected chi connectivity index (χ3v) is 6.97. The molecule has 7 heteroatoms. The number of aromatic nitrogens is 1. The van der Waals surface area contributed by atoms with Crippen molar-refractivity contribution in [2.75, 3.05) is 18.7 Å². The van der Waals surface area contributed by atoms with Gasteiger partial charge in [0.15, 0.2) is 0 Å². The Morgan fingerprint density at radius 1 is 1.11 bits per heavy atom. The molecule has 1 aliphatic carbocycles. The van der Waals surface area contributed by atoms with E-state index in [1.54, 1.807) is 45.2 Å². The van der Waals surface area contributed by atoms with Crippen LogP contribution in [0.4, 0.5) is 10.1 Å². The van der Waals surface area contributed by atoms with Crippen molar-refractivity contribution in [3.63, 3.8) is 0 Å². The molecule has 1 aromatic heterocycles. The number of benzene rings is 2. The number of para-hydroxylation sites is 1. The molecule has 5 rings (SSSR count). The van der Waals surface area contributed by atoms with Crippen molar-refractivity contribution in [3.8, 4) is 17.0 Å². The highest BCUT2D eigenvalue weighted by atomic mass is 19.1. The van der Waals surface area contributed by atoms with Crippen LogP contribution in [0.15, 0.2) is 60.3 Å². The summed E-state index contributed by atoms with van der Waals surface area (Å²) < 4.78 is 19.3. The van der Waals surface area contributed by atoms with E-state index in [1.807, 2.05) is 36.2 Å². The number of fused-ring (bicyclic) bond motifs is 1. The summed E-state index contributed by atoms with van der Waals surface area (Å²) in [5.74, 6) is 0.376. The van der Waals surface area contributed by atoms with E-state index in [9.17, 15) is 14.6 Å². The molecule has 1 aliphatic heterocycles. The Labute approximate surface area is 211 Å².